The number of Topliss-reactive ketones (excluding diaryl/α,β-unsaturated/α-hetero) is 1. The zero-order valence-electron chi connectivity index (χ0n) is 26.6. The van der Waals surface area contributed by atoms with Crippen LogP contribution in [0.2, 0.25) is 0 Å². The van der Waals surface area contributed by atoms with Crippen molar-refractivity contribution in [2.24, 2.45) is 23.7 Å². The molecule has 43 heavy (non-hydrogen) atoms. The van der Waals surface area contributed by atoms with Crippen molar-refractivity contribution in [3.05, 3.63) is 35.5 Å². The van der Waals surface area contributed by atoms with Crippen LogP contribution in [0.25, 0.3) is 0 Å². The van der Waals surface area contributed by atoms with Crippen LogP contribution < -0.4 is 0 Å². The van der Waals surface area contributed by atoms with Crippen molar-refractivity contribution in [3.63, 3.8) is 0 Å². The smallest absolute Gasteiger partial charge is 0.345 e. The molecule has 10 heteroatoms. The quantitative estimate of drug-likeness (QED) is 0.0800. The van der Waals surface area contributed by atoms with E-state index in [1.165, 1.54) is 13.8 Å². The van der Waals surface area contributed by atoms with Gasteiger partial charge in [0.1, 0.15) is 11.9 Å². The van der Waals surface area contributed by atoms with Crippen LogP contribution in [0.5, 0.6) is 0 Å². The normalized spacial score (nSPS) is 19.5. The number of ether oxygens (including phenoxy) is 2. The number of aliphatic hydroxyl groups excluding tert-OH is 3. The number of hydrogen-bond acceptors (Lipinski definition) is 10. The van der Waals surface area contributed by atoms with E-state index in [2.05, 4.69) is 18.2 Å². The molecule has 0 saturated heterocycles. The number of cyclic esters (lactones) is 2. The molecule has 0 bridgehead atoms. The summed E-state index contributed by atoms with van der Waals surface area (Å²) in [6, 6.07) is 0. The van der Waals surface area contributed by atoms with Gasteiger partial charge in [-0.15, -0.1) is 0 Å². The predicted molar refractivity (Wildman–Crippen MR) is 160 cm³/mol. The number of carbonyl (C=O) groups excluding carboxylic acids is 5. The molecule has 0 saturated carbocycles. The summed E-state index contributed by atoms with van der Waals surface area (Å²) in [4.78, 5) is 60.6. The minimum atomic E-state index is -1.58. The summed E-state index contributed by atoms with van der Waals surface area (Å²) >= 11 is 0. The molecular weight excluding hydrogens is 556 g/mol. The predicted octanol–water partition coefficient (Wildman–Crippen LogP) is 3.95. The Bertz CT molecular complexity index is 1090. The summed E-state index contributed by atoms with van der Waals surface area (Å²) in [6.45, 7) is 15.8. The molecule has 0 amide bonds. The second-order valence-electron chi connectivity index (χ2n) is 12.1. The summed E-state index contributed by atoms with van der Waals surface area (Å²) < 4.78 is 9.71. The van der Waals surface area contributed by atoms with Gasteiger partial charge in [-0.05, 0) is 63.0 Å². The van der Waals surface area contributed by atoms with Crippen LogP contribution >= 0.6 is 0 Å². The van der Waals surface area contributed by atoms with Gasteiger partial charge in [-0.25, -0.2) is 9.59 Å². The van der Waals surface area contributed by atoms with Crippen molar-refractivity contribution in [2.45, 2.75) is 118 Å². The van der Waals surface area contributed by atoms with E-state index >= 15 is 0 Å². The van der Waals surface area contributed by atoms with E-state index in [1.807, 2.05) is 13.8 Å². The molecule has 0 aromatic heterocycles. The molecule has 1 rings (SSSR count). The second-order valence-corrected chi connectivity index (χ2v) is 12.1. The largest absolute Gasteiger partial charge is 0.462 e. The Kier molecular flexibility index (Phi) is 15.9. The van der Waals surface area contributed by atoms with Gasteiger partial charge in [-0.1, -0.05) is 47.3 Å². The Morgan fingerprint density at radius 3 is 2.07 bits per heavy atom. The van der Waals surface area contributed by atoms with Crippen molar-refractivity contribution in [2.75, 3.05) is 0 Å². The van der Waals surface area contributed by atoms with Crippen molar-refractivity contribution < 1.29 is 48.8 Å². The lowest BCUT2D eigenvalue weighted by Gasteiger charge is -2.27. The summed E-state index contributed by atoms with van der Waals surface area (Å²) in [7, 11) is 0. The maximum Gasteiger partial charge on any atom is 0.345 e. The Labute approximate surface area is 255 Å². The minimum Gasteiger partial charge on any atom is -0.462 e. The summed E-state index contributed by atoms with van der Waals surface area (Å²) in [5, 5.41) is 31.5. The van der Waals surface area contributed by atoms with Gasteiger partial charge >= 0.3 is 17.9 Å². The fraction of sp³-hybridized carbons (Fsp3) is 0.667. The maximum absolute atomic E-state index is 12.8. The number of ketones is 2. The number of rotatable bonds is 20. The average Bonchev–Trinajstić information content (AvgIpc) is 3.19. The number of esters is 3. The van der Waals surface area contributed by atoms with Gasteiger partial charge in [0.25, 0.3) is 0 Å². The molecule has 0 unspecified atom stereocenters. The standard InChI is InChI=1S/C33H50O10/c1-9-24(10-2)15-25(34)14-19(4)13-18(3)11-12-26(35)21(6)28(37)16-27(36)20(5)23(8)42-30(39)17-29(38)31-22(7)32(40)43-33(31)41/h9,15,18-21,23,26-27,29,35-36,38H,1,10-14,16-17H2,2-8H3/b24-15-/t18-,19-,20+,21+,23+,26+,27-,29-/m0/s1. The second kappa shape index (κ2) is 18.0. The van der Waals surface area contributed by atoms with E-state index in [4.69, 9.17) is 4.74 Å². The average molecular weight is 607 g/mol. The van der Waals surface area contributed by atoms with E-state index < -0.39 is 60.6 Å². The highest BCUT2D eigenvalue weighted by Gasteiger charge is 2.36. The maximum atomic E-state index is 12.8. The molecule has 1 aliphatic heterocycles. The van der Waals surface area contributed by atoms with Crippen molar-refractivity contribution in [3.8, 4) is 0 Å². The van der Waals surface area contributed by atoms with E-state index in [9.17, 15) is 39.3 Å². The number of hydrogen-bond donors (Lipinski definition) is 3. The van der Waals surface area contributed by atoms with Crippen molar-refractivity contribution >= 4 is 29.5 Å². The lowest BCUT2D eigenvalue weighted by molar-refractivity contribution is -0.154. The van der Waals surface area contributed by atoms with Gasteiger partial charge in [0.15, 0.2) is 5.78 Å². The third-order valence-corrected chi connectivity index (χ3v) is 8.30. The van der Waals surface area contributed by atoms with Crippen molar-refractivity contribution in [1.82, 2.24) is 0 Å². The Morgan fingerprint density at radius 1 is 0.907 bits per heavy atom. The third kappa shape index (κ3) is 12.3. The zero-order valence-corrected chi connectivity index (χ0v) is 26.6. The highest BCUT2D eigenvalue weighted by molar-refractivity contribution is 6.12. The van der Waals surface area contributed by atoms with Gasteiger partial charge in [0, 0.05) is 30.3 Å². The lowest BCUT2D eigenvalue weighted by Crippen LogP contribution is -2.36. The van der Waals surface area contributed by atoms with Gasteiger partial charge in [-0.3, -0.25) is 14.4 Å². The van der Waals surface area contributed by atoms with Crippen LogP contribution in [0, 0.1) is 23.7 Å². The fourth-order valence-corrected chi connectivity index (χ4v) is 5.10. The molecule has 0 aromatic rings. The zero-order chi connectivity index (χ0) is 33.0. The lowest BCUT2D eigenvalue weighted by atomic mass is 9.85. The van der Waals surface area contributed by atoms with Crippen molar-refractivity contribution in [1.29, 1.82) is 0 Å². The van der Waals surface area contributed by atoms with Crippen LogP contribution in [0.3, 0.4) is 0 Å². The SMILES string of the molecule is C=C/C(=C/C(=O)C[C@@H](C)C[C@@H](C)CC[C@@H](O)[C@@H](C)C(=O)C[C@H](O)[C@H](C)[C@@H](C)OC(=O)C[C@H](O)C1=C(C)C(=O)OC1=O)CC. The van der Waals surface area contributed by atoms with E-state index in [0.29, 0.717) is 19.3 Å². The topological polar surface area (TPSA) is 164 Å². The Balaban J connectivity index is 2.51. The van der Waals surface area contributed by atoms with Crippen LogP contribution in [-0.2, 0) is 33.4 Å². The highest BCUT2D eigenvalue weighted by atomic mass is 16.6. The number of allylic oxidation sites excluding steroid dienone is 3. The van der Waals surface area contributed by atoms with Crippen LogP contribution in [0.4, 0.5) is 0 Å². The molecule has 8 atom stereocenters. The molecule has 10 nitrogen and oxygen atoms in total. The summed E-state index contributed by atoms with van der Waals surface area (Å²) in [5.41, 5.74) is 0.552. The first kappa shape index (κ1) is 38.1. The highest BCUT2D eigenvalue weighted by Crippen LogP contribution is 2.25. The summed E-state index contributed by atoms with van der Waals surface area (Å²) in [5.74, 6) is -3.91. The molecule has 0 aromatic carbocycles. The van der Waals surface area contributed by atoms with Gasteiger partial charge in [0.05, 0.1) is 30.3 Å². The first-order valence-electron chi connectivity index (χ1n) is 15.1. The molecular formula is C33H50O10. The number of aliphatic hydroxyl groups is 3. The third-order valence-electron chi connectivity index (χ3n) is 8.30. The molecule has 0 fully saturated rings. The first-order chi connectivity index (χ1) is 20.0. The molecule has 0 spiro atoms. The molecule has 1 heterocycles. The fourth-order valence-electron chi connectivity index (χ4n) is 5.10. The van der Waals surface area contributed by atoms with E-state index in [-0.39, 0.29) is 41.0 Å². The monoisotopic (exact) mass is 606 g/mol. The molecule has 3 N–H and O–H groups in total. The van der Waals surface area contributed by atoms with Gasteiger partial charge < -0.3 is 24.8 Å². The molecule has 242 valence electrons. The Hall–Kier alpha value is -2.95. The molecule has 1 aliphatic rings. The molecule has 0 aliphatic carbocycles. The van der Waals surface area contributed by atoms with E-state index in [1.54, 1.807) is 26.0 Å². The Morgan fingerprint density at radius 2 is 1.53 bits per heavy atom. The number of carbonyl (C=O) groups is 5. The van der Waals surface area contributed by atoms with Crippen LogP contribution in [0.15, 0.2) is 35.5 Å². The van der Waals surface area contributed by atoms with Crippen LogP contribution in [0.1, 0.15) is 93.4 Å². The first-order valence-corrected chi connectivity index (χ1v) is 15.1. The minimum absolute atomic E-state index is 0.0736. The van der Waals surface area contributed by atoms with Gasteiger partial charge in [0.2, 0.25) is 0 Å². The summed E-state index contributed by atoms with van der Waals surface area (Å²) in [6.07, 6.45) is 1.16. The van der Waals surface area contributed by atoms with Crippen LogP contribution in [-0.4, -0.2) is 69.2 Å². The molecule has 0 radical (unpaired) electrons. The van der Waals surface area contributed by atoms with Gasteiger partial charge in [-0.2, -0.15) is 0 Å². The van der Waals surface area contributed by atoms with E-state index in [0.717, 1.165) is 18.4 Å².